The van der Waals surface area contributed by atoms with Gasteiger partial charge in [-0.25, -0.2) is 0 Å². The number of benzene rings is 1. The molecule has 2 aliphatic rings. The molecule has 3 N–H and O–H groups in total. The van der Waals surface area contributed by atoms with Crippen molar-refractivity contribution in [2.24, 2.45) is 4.99 Å². The van der Waals surface area contributed by atoms with Gasteiger partial charge in [-0.15, -0.1) is 0 Å². The Labute approximate surface area is 143 Å². The molecule has 24 heavy (non-hydrogen) atoms. The fraction of sp³-hybridized carbons (Fsp3) is 0.556. The number of nitrogens with zero attached hydrogens (tertiary/aromatic N) is 1. The molecule has 3 unspecified atom stereocenters. The Hall–Kier alpha value is -2.08. The normalized spacial score (nSPS) is 25.5. The van der Waals surface area contributed by atoms with E-state index >= 15 is 0 Å². The smallest absolute Gasteiger partial charge is 0.251 e. The molecule has 0 aliphatic carbocycles. The third-order valence-electron chi connectivity index (χ3n) is 4.62. The molecule has 2 fully saturated rings. The fourth-order valence-corrected chi connectivity index (χ4v) is 3.35. The van der Waals surface area contributed by atoms with Crippen molar-refractivity contribution < 1.29 is 9.53 Å². The van der Waals surface area contributed by atoms with Crippen molar-refractivity contribution in [3.05, 3.63) is 35.9 Å². The molecule has 0 radical (unpaired) electrons. The van der Waals surface area contributed by atoms with Gasteiger partial charge in [-0.1, -0.05) is 18.2 Å². The zero-order valence-corrected chi connectivity index (χ0v) is 14.1. The Morgan fingerprint density at radius 3 is 2.67 bits per heavy atom. The third kappa shape index (κ3) is 4.26. The number of guanidine groups is 1. The zero-order chi connectivity index (χ0) is 16.8. The van der Waals surface area contributed by atoms with Crippen LogP contribution in [0.25, 0.3) is 0 Å². The van der Waals surface area contributed by atoms with Crippen LogP contribution < -0.4 is 16.0 Å². The molecule has 3 rings (SSSR count). The van der Waals surface area contributed by atoms with Crippen molar-refractivity contribution in [2.75, 3.05) is 20.1 Å². The van der Waals surface area contributed by atoms with E-state index in [1.54, 1.807) is 7.05 Å². The first-order valence-corrected chi connectivity index (χ1v) is 8.72. The molecule has 1 amide bonds. The van der Waals surface area contributed by atoms with Gasteiger partial charge in [-0.05, 0) is 37.8 Å². The van der Waals surface area contributed by atoms with E-state index in [-0.39, 0.29) is 5.91 Å². The lowest BCUT2D eigenvalue weighted by atomic mass is 9.96. The average Bonchev–Trinajstić information content (AvgIpc) is 3.24. The second-order valence-corrected chi connectivity index (χ2v) is 6.33. The number of hydrogen-bond donors (Lipinski definition) is 3. The molecule has 0 spiro atoms. The number of hydrogen-bond acceptors (Lipinski definition) is 3. The molecule has 6 heteroatoms. The van der Waals surface area contributed by atoms with Gasteiger partial charge in [0.05, 0.1) is 18.2 Å². The average molecular weight is 330 g/mol. The van der Waals surface area contributed by atoms with Gasteiger partial charge in [-0.2, -0.15) is 0 Å². The Kier molecular flexibility index (Phi) is 5.69. The predicted octanol–water partition coefficient (Wildman–Crippen LogP) is 1.29. The van der Waals surface area contributed by atoms with Crippen LogP contribution in [-0.4, -0.2) is 50.3 Å². The molecule has 2 saturated heterocycles. The van der Waals surface area contributed by atoms with Crippen LogP contribution in [0.5, 0.6) is 0 Å². The van der Waals surface area contributed by atoms with Crippen molar-refractivity contribution in [3.8, 4) is 0 Å². The van der Waals surface area contributed by atoms with E-state index in [0.29, 0.717) is 30.4 Å². The molecule has 2 bridgehead atoms. The quantitative estimate of drug-likeness (QED) is 0.417. The Morgan fingerprint density at radius 2 is 2.00 bits per heavy atom. The molecule has 0 saturated carbocycles. The Morgan fingerprint density at radius 1 is 1.21 bits per heavy atom. The summed E-state index contributed by atoms with van der Waals surface area (Å²) >= 11 is 0. The maximum absolute atomic E-state index is 11.9. The van der Waals surface area contributed by atoms with E-state index in [1.807, 2.05) is 30.3 Å². The molecule has 2 aliphatic heterocycles. The number of aliphatic imine (C=N–C) groups is 1. The molecule has 3 atom stereocenters. The molecular formula is C18H26N4O2. The number of fused-ring (bicyclic) bond motifs is 2. The maximum Gasteiger partial charge on any atom is 0.251 e. The van der Waals surface area contributed by atoms with Crippen LogP contribution in [0.2, 0.25) is 0 Å². The summed E-state index contributed by atoms with van der Waals surface area (Å²) in [5.41, 5.74) is 0.694. The number of ether oxygens (including phenoxy) is 1. The van der Waals surface area contributed by atoms with E-state index < -0.39 is 0 Å². The molecule has 6 nitrogen and oxygen atoms in total. The third-order valence-corrected chi connectivity index (χ3v) is 4.62. The summed E-state index contributed by atoms with van der Waals surface area (Å²) in [5, 5.41) is 9.68. The minimum Gasteiger partial charge on any atom is -0.373 e. The fourth-order valence-electron chi connectivity index (χ4n) is 3.35. The van der Waals surface area contributed by atoms with Crippen LogP contribution in [-0.2, 0) is 4.74 Å². The highest BCUT2D eigenvalue weighted by Gasteiger charge is 2.41. The Bertz CT molecular complexity index is 576. The highest BCUT2D eigenvalue weighted by molar-refractivity contribution is 5.94. The summed E-state index contributed by atoms with van der Waals surface area (Å²) < 4.78 is 5.85. The SMILES string of the molecule is CN=C(NCCCNC(=O)c1ccccc1)NC1CC2CCC1O2. The van der Waals surface area contributed by atoms with E-state index in [2.05, 4.69) is 20.9 Å². The lowest BCUT2D eigenvalue weighted by molar-refractivity contribution is 0.0953. The van der Waals surface area contributed by atoms with E-state index in [1.165, 1.54) is 6.42 Å². The lowest BCUT2D eigenvalue weighted by Gasteiger charge is -2.22. The van der Waals surface area contributed by atoms with Crippen molar-refractivity contribution >= 4 is 11.9 Å². The second-order valence-electron chi connectivity index (χ2n) is 6.33. The summed E-state index contributed by atoms with van der Waals surface area (Å²) in [5.74, 6) is 0.780. The minimum atomic E-state index is -0.0303. The highest BCUT2D eigenvalue weighted by atomic mass is 16.5. The number of carbonyl (C=O) groups excluding carboxylic acids is 1. The molecule has 2 heterocycles. The van der Waals surface area contributed by atoms with Crippen molar-refractivity contribution in [2.45, 2.75) is 43.9 Å². The van der Waals surface area contributed by atoms with Gasteiger partial charge in [0, 0.05) is 25.7 Å². The van der Waals surface area contributed by atoms with Crippen LogP contribution in [0.3, 0.4) is 0 Å². The summed E-state index contributed by atoms with van der Waals surface area (Å²) in [7, 11) is 1.78. The topological polar surface area (TPSA) is 74.8 Å². The number of nitrogens with one attached hydrogen (secondary N) is 3. The van der Waals surface area contributed by atoms with Gasteiger partial charge < -0.3 is 20.7 Å². The monoisotopic (exact) mass is 330 g/mol. The van der Waals surface area contributed by atoms with Gasteiger partial charge in [0.2, 0.25) is 0 Å². The Balaban J connectivity index is 1.31. The molecule has 130 valence electrons. The summed E-state index contributed by atoms with van der Waals surface area (Å²) in [6, 6.07) is 9.64. The number of rotatable bonds is 6. The second kappa shape index (κ2) is 8.15. The predicted molar refractivity (Wildman–Crippen MR) is 94.2 cm³/mol. The molecule has 0 aromatic heterocycles. The van der Waals surface area contributed by atoms with Gasteiger partial charge in [-0.3, -0.25) is 9.79 Å². The maximum atomic E-state index is 11.9. The first-order valence-electron chi connectivity index (χ1n) is 8.72. The van der Waals surface area contributed by atoms with Crippen molar-refractivity contribution in [1.82, 2.24) is 16.0 Å². The standard InChI is InChI=1S/C18H26N4O2/c1-19-18(22-15-12-14-8-9-16(15)24-14)21-11-5-10-20-17(23)13-6-3-2-4-7-13/h2-4,6-7,14-16H,5,8-12H2,1H3,(H,20,23)(H2,19,21,22). The zero-order valence-electron chi connectivity index (χ0n) is 14.1. The van der Waals surface area contributed by atoms with Crippen LogP contribution >= 0.6 is 0 Å². The summed E-state index contributed by atoms with van der Waals surface area (Å²) in [6.45, 7) is 1.39. The lowest BCUT2D eigenvalue weighted by Crippen LogP contribution is -2.47. The first-order chi connectivity index (χ1) is 11.8. The van der Waals surface area contributed by atoms with E-state index in [9.17, 15) is 4.79 Å². The van der Waals surface area contributed by atoms with Crippen molar-refractivity contribution in [1.29, 1.82) is 0 Å². The van der Waals surface area contributed by atoms with Gasteiger partial charge in [0.1, 0.15) is 0 Å². The molecule has 1 aromatic rings. The summed E-state index contributed by atoms with van der Waals surface area (Å²) in [6.07, 6.45) is 5.00. The van der Waals surface area contributed by atoms with Crippen molar-refractivity contribution in [3.63, 3.8) is 0 Å². The first kappa shape index (κ1) is 16.8. The van der Waals surface area contributed by atoms with E-state index in [0.717, 1.165) is 31.8 Å². The summed E-state index contributed by atoms with van der Waals surface area (Å²) in [4.78, 5) is 16.2. The van der Waals surface area contributed by atoms with Gasteiger partial charge in [0.15, 0.2) is 5.96 Å². The van der Waals surface area contributed by atoms with Crippen LogP contribution in [0.4, 0.5) is 0 Å². The van der Waals surface area contributed by atoms with Gasteiger partial charge >= 0.3 is 0 Å². The minimum absolute atomic E-state index is 0.0303. The van der Waals surface area contributed by atoms with Gasteiger partial charge in [0.25, 0.3) is 5.91 Å². The number of amides is 1. The van der Waals surface area contributed by atoms with Crippen LogP contribution in [0.1, 0.15) is 36.0 Å². The van der Waals surface area contributed by atoms with Crippen LogP contribution in [0, 0.1) is 0 Å². The molecule has 1 aromatic carbocycles. The van der Waals surface area contributed by atoms with E-state index in [4.69, 9.17) is 4.74 Å². The molecular weight excluding hydrogens is 304 g/mol. The largest absolute Gasteiger partial charge is 0.373 e. The highest BCUT2D eigenvalue weighted by Crippen LogP contribution is 2.34. The number of carbonyl (C=O) groups is 1. The van der Waals surface area contributed by atoms with Crippen LogP contribution in [0.15, 0.2) is 35.3 Å².